The van der Waals surface area contributed by atoms with Gasteiger partial charge in [0.1, 0.15) is 5.75 Å². The van der Waals surface area contributed by atoms with E-state index in [9.17, 15) is 5.11 Å². The molecule has 2 aromatic carbocycles. The number of phenolic OH excluding ortho intramolecular Hbond substituents is 1. The maximum atomic E-state index is 11.1. The predicted molar refractivity (Wildman–Crippen MR) is 164 cm³/mol. The number of nitrogens with one attached hydrogen (secondary N) is 1. The molecule has 2 atom stereocenters. The zero-order valence-corrected chi connectivity index (χ0v) is 25.2. The molecule has 0 fully saturated rings. The van der Waals surface area contributed by atoms with Gasteiger partial charge < -0.3 is 15.3 Å². The lowest BCUT2D eigenvalue weighted by Crippen LogP contribution is -2.33. The summed E-state index contributed by atoms with van der Waals surface area (Å²) in [4.78, 5) is 3.74. The third-order valence-electron chi connectivity index (χ3n) is 6.95. The lowest BCUT2D eigenvalue weighted by atomic mass is 9.79. The fourth-order valence-electron chi connectivity index (χ4n) is 4.90. The topological polar surface area (TPSA) is 35.5 Å². The molecule has 0 saturated heterocycles. The number of benzene rings is 2. The van der Waals surface area contributed by atoms with E-state index in [2.05, 4.69) is 133 Å². The van der Waals surface area contributed by atoms with Crippen molar-refractivity contribution < 1.29 is 5.11 Å². The van der Waals surface area contributed by atoms with E-state index in [4.69, 9.17) is 0 Å². The second-order valence-electron chi connectivity index (χ2n) is 12.9. The molecule has 2 N–H and O–H groups in total. The lowest BCUT2D eigenvalue weighted by Gasteiger charge is -2.33. The van der Waals surface area contributed by atoms with Gasteiger partial charge >= 0.3 is 0 Å². The van der Waals surface area contributed by atoms with Gasteiger partial charge in [-0.2, -0.15) is 0 Å². The number of allylic oxidation sites excluding steroid dienone is 2. The number of hydrogen-bond donors (Lipinski definition) is 2. The highest BCUT2D eigenvalue weighted by atomic mass is 32.2. The van der Waals surface area contributed by atoms with Crippen molar-refractivity contribution in [2.24, 2.45) is 5.92 Å². The predicted octanol–water partition coefficient (Wildman–Crippen LogP) is 9.27. The maximum Gasteiger partial charge on any atom is 0.123 e. The van der Waals surface area contributed by atoms with E-state index in [1.165, 1.54) is 10.6 Å². The number of hydrogen-bond acceptors (Lipinski definition) is 4. The third-order valence-corrected chi connectivity index (χ3v) is 7.92. The van der Waals surface area contributed by atoms with Gasteiger partial charge in [-0.25, -0.2) is 0 Å². The van der Waals surface area contributed by atoms with Crippen molar-refractivity contribution in [3.8, 4) is 5.75 Å². The second-order valence-corrected chi connectivity index (χ2v) is 14.0. The Morgan fingerprint density at radius 1 is 0.946 bits per heavy atom. The average Bonchev–Trinajstić information content (AvgIpc) is 2.79. The summed E-state index contributed by atoms with van der Waals surface area (Å²) in [7, 11) is 0. The van der Waals surface area contributed by atoms with Gasteiger partial charge in [0.05, 0.1) is 5.88 Å². The van der Waals surface area contributed by atoms with E-state index < -0.39 is 0 Å². The number of rotatable bonds is 9. The Morgan fingerprint density at radius 2 is 1.54 bits per heavy atom. The molecule has 37 heavy (non-hydrogen) atoms. The SMILES string of the molecule is CC(C)CC(C)N(CSc1cc(C(C)(C)C)c(O)c(C(C)(C)C)c1)c1ccc(NC2C=CC=CC2)cc1. The summed E-state index contributed by atoms with van der Waals surface area (Å²) in [6.07, 6.45) is 10.8. The summed E-state index contributed by atoms with van der Waals surface area (Å²) in [5.74, 6) is 1.93. The van der Waals surface area contributed by atoms with Crippen LogP contribution in [-0.2, 0) is 10.8 Å². The summed E-state index contributed by atoms with van der Waals surface area (Å²) in [6.45, 7) is 20.0. The molecule has 0 bridgehead atoms. The van der Waals surface area contributed by atoms with Gasteiger partial charge in [-0.15, -0.1) is 11.8 Å². The first-order valence-electron chi connectivity index (χ1n) is 13.7. The van der Waals surface area contributed by atoms with E-state index in [0.29, 0.717) is 23.8 Å². The molecule has 3 rings (SSSR count). The molecule has 0 amide bonds. The van der Waals surface area contributed by atoms with E-state index in [0.717, 1.165) is 35.5 Å². The summed E-state index contributed by atoms with van der Waals surface area (Å²) in [6, 6.07) is 14.1. The van der Waals surface area contributed by atoms with Gasteiger partial charge in [0, 0.05) is 39.5 Å². The molecule has 0 saturated carbocycles. The molecule has 2 aromatic rings. The minimum atomic E-state index is -0.128. The molecule has 1 aliphatic carbocycles. The number of phenols is 1. The van der Waals surface area contributed by atoms with Crippen molar-refractivity contribution in [1.82, 2.24) is 0 Å². The zero-order chi connectivity index (χ0) is 27.4. The van der Waals surface area contributed by atoms with Gasteiger partial charge in [0.15, 0.2) is 0 Å². The first kappa shape index (κ1) is 29.2. The normalized spacial score (nSPS) is 16.8. The Bertz CT molecular complexity index is 1050. The number of nitrogens with zero attached hydrogens (tertiary/aromatic N) is 1. The van der Waals surface area contributed by atoms with Crippen LogP contribution in [0.1, 0.15) is 86.3 Å². The fraction of sp³-hybridized carbons (Fsp3) is 0.515. The van der Waals surface area contributed by atoms with E-state index in [1.54, 1.807) is 0 Å². The van der Waals surface area contributed by atoms with Gasteiger partial charge in [-0.05, 0) is 72.9 Å². The smallest absolute Gasteiger partial charge is 0.123 e. The van der Waals surface area contributed by atoms with E-state index >= 15 is 0 Å². The molecule has 4 heteroatoms. The first-order valence-corrected chi connectivity index (χ1v) is 14.7. The first-order chi connectivity index (χ1) is 17.3. The average molecular weight is 521 g/mol. The quantitative estimate of drug-likeness (QED) is 0.255. The molecule has 0 radical (unpaired) electrons. The van der Waals surface area contributed by atoms with Crippen LogP contribution in [0.25, 0.3) is 0 Å². The number of aromatic hydroxyl groups is 1. The summed E-state index contributed by atoms with van der Waals surface area (Å²) >= 11 is 1.86. The van der Waals surface area contributed by atoms with Crippen molar-refractivity contribution in [3.63, 3.8) is 0 Å². The van der Waals surface area contributed by atoms with Gasteiger partial charge in [0.2, 0.25) is 0 Å². The van der Waals surface area contributed by atoms with Crippen LogP contribution in [-0.4, -0.2) is 23.1 Å². The molecule has 202 valence electrons. The molecule has 0 spiro atoms. The molecular weight excluding hydrogens is 472 g/mol. The van der Waals surface area contributed by atoms with Crippen molar-refractivity contribution in [3.05, 3.63) is 71.8 Å². The maximum absolute atomic E-state index is 11.1. The van der Waals surface area contributed by atoms with Crippen LogP contribution in [0, 0.1) is 5.92 Å². The molecule has 3 nitrogen and oxygen atoms in total. The van der Waals surface area contributed by atoms with Crippen LogP contribution < -0.4 is 10.2 Å². The molecule has 1 aliphatic rings. The van der Waals surface area contributed by atoms with Gasteiger partial charge in [0.25, 0.3) is 0 Å². The van der Waals surface area contributed by atoms with Gasteiger partial charge in [-0.3, -0.25) is 0 Å². The van der Waals surface area contributed by atoms with Crippen LogP contribution >= 0.6 is 11.8 Å². The van der Waals surface area contributed by atoms with Crippen LogP contribution in [0.4, 0.5) is 11.4 Å². The van der Waals surface area contributed by atoms with Crippen LogP contribution in [0.3, 0.4) is 0 Å². The van der Waals surface area contributed by atoms with Crippen molar-refractivity contribution in [1.29, 1.82) is 0 Å². The van der Waals surface area contributed by atoms with Crippen molar-refractivity contribution in [2.75, 3.05) is 16.1 Å². The monoisotopic (exact) mass is 520 g/mol. The largest absolute Gasteiger partial charge is 0.507 e. The Kier molecular flexibility index (Phi) is 9.50. The third kappa shape index (κ3) is 8.07. The molecule has 0 aromatic heterocycles. The Labute approximate surface area is 230 Å². The minimum Gasteiger partial charge on any atom is -0.507 e. The highest BCUT2D eigenvalue weighted by Gasteiger charge is 2.27. The molecular formula is C33H48N2OS. The van der Waals surface area contributed by atoms with Crippen molar-refractivity contribution in [2.45, 2.75) is 103 Å². The molecule has 0 aliphatic heterocycles. The zero-order valence-electron chi connectivity index (χ0n) is 24.4. The van der Waals surface area contributed by atoms with E-state index in [-0.39, 0.29) is 10.8 Å². The van der Waals surface area contributed by atoms with Gasteiger partial charge in [-0.1, -0.05) is 79.7 Å². The highest BCUT2D eigenvalue weighted by molar-refractivity contribution is 7.99. The van der Waals surface area contributed by atoms with Crippen molar-refractivity contribution >= 4 is 23.1 Å². The van der Waals surface area contributed by atoms with Crippen LogP contribution in [0.15, 0.2) is 65.6 Å². The van der Waals surface area contributed by atoms with E-state index in [1.807, 2.05) is 11.8 Å². The fourth-order valence-corrected chi connectivity index (χ4v) is 5.99. The Balaban J connectivity index is 1.86. The lowest BCUT2D eigenvalue weighted by molar-refractivity contribution is 0.422. The highest BCUT2D eigenvalue weighted by Crippen LogP contribution is 2.42. The standard InChI is InChI=1S/C33H48N2OS/c1-23(2)19-24(3)35(27-17-15-26(16-18-27)34-25-13-11-10-12-14-25)22-37-28-20-29(32(4,5)6)31(36)30(21-28)33(7,8)9/h10-13,15-18,20-21,23-25,34,36H,14,19,22H2,1-9H3. The minimum absolute atomic E-state index is 0.128. The van der Waals surface area contributed by atoms with Crippen LogP contribution in [0.2, 0.25) is 0 Å². The summed E-state index contributed by atoms with van der Waals surface area (Å²) in [5, 5.41) is 14.8. The van der Waals surface area contributed by atoms with Crippen LogP contribution in [0.5, 0.6) is 5.75 Å². The summed E-state index contributed by atoms with van der Waals surface area (Å²) in [5.41, 5.74) is 4.18. The number of anilines is 2. The Hall–Kier alpha value is -2.33. The summed E-state index contributed by atoms with van der Waals surface area (Å²) < 4.78 is 0. The number of thioether (sulfide) groups is 1. The second kappa shape index (κ2) is 12.0. The molecule has 0 heterocycles. The Morgan fingerprint density at radius 3 is 2.03 bits per heavy atom. The molecule has 2 unspecified atom stereocenters.